The van der Waals surface area contributed by atoms with Gasteiger partial charge < -0.3 is 9.47 Å². The van der Waals surface area contributed by atoms with E-state index in [2.05, 4.69) is 0 Å². The minimum Gasteiger partial charge on any atom is -0.466 e. The molecule has 1 heterocycles. The summed E-state index contributed by atoms with van der Waals surface area (Å²) in [5.41, 5.74) is -1.25. The SMILES string of the molecule is CC(=O)OCC1([N+](=O)[O-])CCCCC(=O)OCCC1. The maximum atomic E-state index is 11.3. The van der Waals surface area contributed by atoms with Crippen LogP contribution in [0.25, 0.3) is 0 Å². The van der Waals surface area contributed by atoms with Gasteiger partial charge in [-0.2, -0.15) is 0 Å². The molecule has 1 fully saturated rings. The average molecular weight is 273 g/mol. The van der Waals surface area contributed by atoms with Crippen LogP contribution in [-0.2, 0) is 19.1 Å². The van der Waals surface area contributed by atoms with Gasteiger partial charge in [-0.1, -0.05) is 0 Å². The Balaban J connectivity index is 2.71. The summed E-state index contributed by atoms with van der Waals surface area (Å²) in [6.07, 6.45) is 2.31. The van der Waals surface area contributed by atoms with Gasteiger partial charge in [0.1, 0.15) is 0 Å². The molecule has 1 atom stereocenters. The molecule has 1 saturated heterocycles. The standard InChI is InChI=1S/C12H19NO6/c1-10(14)19-9-12(13(16)17)6-3-2-5-11(15)18-8-4-7-12/h2-9H2,1H3. The van der Waals surface area contributed by atoms with E-state index in [0.717, 1.165) is 0 Å². The molecule has 108 valence electrons. The molecule has 0 bridgehead atoms. The molecular formula is C12H19NO6. The fourth-order valence-electron chi connectivity index (χ4n) is 2.12. The minimum atomic E-state index is -1.25. The summed E-state index contributed by atoms with van der Waals surface area (Å²) < 4.78 is 9.79. The van der Waals surface area contributed by atoms with Crippen LogP contribution in [0.4, 0.5) is 0 Å². The maximum absolute atomic E-state index is 11.3. The summed E-state index contributed by atoms with van der Waals surface area (Å²) >= 11 is 0. The molecular weight excluding hydrogens is 254 g/mol. The zero-order chi connectivity index (χ0) is 14.3. The third-order valence-electron chi connectivity index (χ3n) is 3.25. The molecule has 1 rings (SSSR count). The lowest BCUT2D eigenvalue weighted by Gasteiger charge is -2.25. The van der Waals surface area contributed by atoms with Gasteiger partial charge in [0.05, 0.1) is 6.61 Å². The number of carbonyl (C=O) groups is 2. The Kier molecular flexibility index (Phi) is 5.72. The number of nitrogens with zero attached hydrogens (tertiary/aromatic N) is 1. The third kappa shape index (κ3) is 4.84. The minimum absolute atomic E-state index is 0.175. The first kappa shape index (κ1) is 15.4. The summed E-state index contributed by atoms with van der Waals surface area (Å²) in [4.78, 5) is 33.0. The third-order valence-corrected chi connectivity index (χ3v) is 3.25. The van der Waals surface area contributed by atoms with Gasteiger partial charge in [-0.15, -0.1) is 0 Å². The van der Waals surface area contributed by atoms with E-state index >= 15 is 0 Å². The van der Waals surface area contributed by atoms with E-state index in [1.54, 1.807) is 0 Å². The molecule has 0 spiro atoms. The van der Waals surface area contributed by atoms with Crippen molar-refractivity contribution in [2.24, 2.45) is 0 Å². The van der Waals surface area contributed by atoms with E-state index in [-0.39, 0.29) is 36.9 Å². The molecule has 1 aliphatic heterocycles. The number of nitro groups is 1. The summed E-state index contributed by atoms with van der Waals surface area (Å²) in [7, 11) is 0. The Morgan fingerprint density at radius 1 is 1.42 bits per heavy atom. The van der Waals surface area contributed by atoms with Crippen molar-refractivity contribution in [3.63, 3.8) is 0 Å². The van der Waals surface area contributed by atoms with Crippen LogP contribution in [0, 0.1) is 10.1 Å². The predicted molar refractivity (Wildman–Crippen MR) is 65.0 cm³/mol. The molecule has 0 aromatic rings. The first-order valence-corrected chi connectivity index (χ1v) is 6.40. The average Bonchev–Trinajstić information content (AvgIpc) is 2.35. The highest BCUT2D eigenvalue weighted by atomic mass is 16.6. The summed E-state index contributed by atoms with van der Waals surface area (Å²) in [5.74, 6) is -0.779. The van der Waals surface area contributed by atoms with E-state index in [9.17, 15) is 19.7 Å². The zero-order valence-electron chi connectivity index (χ0n) is 11.1. The van der Waals surface area contributed by atoms with Gasteiger partial charge in [-0.3, -0.25) is 19.7 Å². The molecule has 7 nitrogen and oxygen atoms in total. The first-order chi connectivity index (χ1) is 8.96. The van der Waals surface area contributed by atoms with Crippen LogP contribution in [0.3, 0.4) is 0 Å². The summed E-state index contributed by atoms with van der Waals surface area (Å²) in [5, 5.41) is 11.3. The van der Waals surface area contributed by atoms with E-state index < -0.39 is 11.5 Å². The van der Waals surface area contributed by atoms with Crippen LogP contribution in [0.15, 0.2) is 0 Å². The second kappa shape index (κ2) is 7.06. The van der Waals surface area contributed by atoms with Gasteiger partial charge in [0.25, 0.3) is 5.54 Å². The fraction of sp³-hybridized carbons (Fsp3) is 0.833. The van der Waals surface area contributed by atoms with Gasteiger partial charge in [-0.25, -0.2) is 0 Å². The van der Waals surface area contributed by atoms with Crippen LogP contribution in [0.2, 0.25) is 0 Å². The van der Waals surface area contributed by atoms with Gasteiger partial charge in [0, 0.05) is 31.1 Å². The number of carbonyl (C=O) groups excluding carboxylic acids is 2. The lowest BCUT2D eigenvalue weighted by Crippen LogP contribution is -2.44. The number of cyclic esters (lactones) is 1. The van der Waals surface area contributed by atoms with Crippen molar-refractivity contribution in [2.45, 2.75) is 51.0 Å². The second-order valence-electron chi connectivity index (χ2n) is 4.79. The van der Waals surface area contributed by atoms with Crippen molar-refractivity contribution in [2.75, 3.05) is 13.2 Å². The number of esters is 2. The molecule has 0 aromatic heterocycles. The van der Waals surface area contributed by atoms with Crippen molar-refractivity contribution >= 4 is 11.9 Å². The van der Waals surface area contributed by atoms with Crippen LogP contribution in [0.1, 0.15) is 45.4 Å². The van der Waals surface area contributed by atoms with Gasteiger partial charge >= 0.3 is 11.9 Å². The Labute approximate surface area is 111 Å². The molecule has 1 unspecified atom stereocenters. The van der Waals surface area contributed by atoms with Crippen molar-refractivity contribution < 1.29 is 24.0 Å². The smallest absolute Gasteiger partial charge is 0.305 e. The van der Waals surface area contributed by atoms with E-state index in [0.29, 0.717) is 25.7 Å². The van der Waals surface area contributed by atoms with Gasteiger partial charge in [-0.05, 0) is 19.3 Å². The van der Waals surface area contributed by atoms with Crippen LogP contribution < -0.4 is 0 Å². The lowest BCUT2D eigenvalue weighted by atomic mass is 9.88. The first-order valence-electron chi connectivity index (χ1n) is 6.40. The van der Waals surface area contributed by atoms with Crippen LogP contribution >= 0.6 is 0 Å². The maximum Gasteiger partial charge on any atom is 0.305 e. The van der Waals surface area contributed by atoms with Gasteiger partial charge in [0.15, 0.2) is 6.61 Å². The summed E-state index contributed by atoms with van der Waals surface area (Å²) in [6.45, 7) is 1.19. The van der Waals surface area contributed by atoms with E-state index in [1.807, 2.05) is 0 Å². The monoisotopic (exact) mass is 273 g/mol. The fourth-order valence-corrected chi connectivity index (χ4v) is 2.12. The van der Waals surface area contributed by atoms with E-state index in [1.165, 1.54) is 6.92 Å². The van der Waals surface area contributed by atoms with Crippen molar-refractivity contribution in [1.29, 1.82) is 0 Å². The molecule has 0 amide bonds. The molecule has 0 radical (unpaired) electrons. The topological polar surface area (TPSA) is 95.7 Å². The quantitative estimate of drug-likeness (QED) is 0.439. The number of hydrogen-bond donors (Lipinski definition) is 0. The lowest BCUT2D eigenvalue weighted by molar-refractivity contribution is -0.576. The molecule has 0 aliphatic carbocycles. The molecule has 0 saturated carbocycles. The van der Waals surface area contributed by atoms with Crippen molar-refractivity contribution in [3.05, 3.63) is 10.1 Å². The van der Waals surface area contributed by atoms with Crippen LogP contribution in [-0.4, -0.2) is 35.6 Å². The normalized spacial score (nSPS) is 25.2. The molecule has 0 N–H and O–H groups in total. The number of hydrogen-bond acceptors (Lipinski definition) is 6. The number of rotatable bonds is 3. The predicted octanol–water partition coefficient (Wildman–Crippen LogP) is 1.46. The number of ether oxygens (including phenoxy) is 2. The summed E-state index contributed by atoms with van der Waals surface area (Å²) in [6, 6.07) is 0. The molecule has 1 aliphatic rings. The molecule has 19 heavy (non-hydrogen) atoms. The second-order valence-corrected chi connectivity index (χ2v) is 4.79. The Hall–Kier alpha value is -1.66. The van der Waals surface area contributed by atoms with Gasteiger partial charge in [0.2, 0.25) is 0 Å². The zero-order valence-corrected chi connectivity index (χ0v) is 11.1. The highest BCUT2D eigenvalue weighted by Crippen LogP contribution is 2.26. The Morgan fingerprint density at radius 2 is 2.11 bits per heavy atom. The molecule has 7 heteroatoms. The van der Waals surface area contributed by atoms with Crippen molar-refractivity contribution in [3.8, 4) is 0 Å². The Morgan fingerprint density at radius 3 is 2.74 bits per heavy atom. The highest BCUT2D eigenvalue weighted by molar-refractivity contribution is 5.69. The Bertz CT molecular complexity index is 340. The van der Waals surface area contributed by atoms with E-state index in [4.69, 9.17) is 9.47 Å². The van der Waals surface area contributed by atoms with Crippen LogP contribution in [0.5, 0.6) is 0 Å². The van der Waals surface area contributed by atoms with Crippen molar-refractivity contribution in [1.82, 2.24) is 0 Å². The largest absolute Gasteiger partial charge is 0.466 e. The highest BCUT2D eigenvalue weighted by Gasteiger charge is 2.43. The molecule has 0 aromatic carbocycles.